The van der Waals surface area contributed by atoms with Crippen LogP contribution in [0.15, 0.2) is 0 Å². The fourth-order valence-corrected chi connectivity index (χ4v) is 9.23. The molecule has 0 bridgehead atoms. The van der Waals surface area contributed by atoms with Crippen molar-refractivity contribution in [1.29, 1.82) is 0 Å². The van der Waals surface area contributed by atoms with Gasteiger partial charge in [-0.15, -0.1) is 0 Å². The highest BCUT2D eigenvalue weighted by Gasteiger charge is 2.19. The number of esters is 3. The van der Waals surface area contributed by atoms with Gasteiger partial charge in [-0.25, -0.2) is 0 Å². The zero-order valence-corrected chi connectivity index (χ0v) is 45.3. The van der Waals surface area contributed by atoms with Crippen LogP contribution in [-0.4, -0.2) is 37.2 Å². The largest absolute Gasteiger partial charge is 0.462 e. The lowest BCUT2D eigenvalue weighted by Crippen LogP contribution is -2.30. The Bertz CT molecular complexity index is 1010. The highest BCUT2D eigenvalue weighted by atomic mass is 16.6. The summed E-state index contributed by atoms with van der Waals surface area (Å²) in [6, 6.07) is 0. The predicted octanol–water partition coefficient (Wildman–Crippen LogP) is 19.7. The summed E-state index contributed by atoms with van der Waals surface area (Å²) in [6.07, 6.45) is 56.6. The number of carbonyl (C=O) groups is 3. The molecule has 1 atom stereocenters. The van der Waals surface area contributed by atoms with Gasteiger partial charge in [-0.05, 0) is 31.1 Å². The maximum atomic E-state index is 12.8. The van der Waals surface area contributed by atoms with Gasteiger partial charge in [0.2, 0.25) is 0 Å². The van der Waals surface area contributed by atoms with E-state index in [1.54, 1.807) is 0 Å². The molecule has 0 aliphatic rings. The average molecular weight is 934 g/mol. The molecule has 0 N–H and O–H groups in total. The van der Waals surface area contributed by atoms with E-state index < -0.39 is 6.10 Å². The summed E-state index contributed by atoms with van der Waals surface area (Å²) in [5.74, 6) is 0.850. The average Bonchev–Trinajstić information content (AvgIpc) is 3.29. The van der Waals surface area contributed by atoms with Crippen LogP contribution in [0.1, 0.15) is 336 Å². The van der Waals surface area contributed by atoms with Crippen LogP contribution < -0.4 is 0 Å². The quantitative estimate of drug-likeness (QED) is 0.0343. The molecule has 0 heterocycles. The standard InChI is InChI=1S/C60H116O6/c1-6-7-8-9-10-11-12-13-19-27-32-37-42-47-52-60(63)66-57(54-65-59(62)51-46-41-36-31-26-22-21-24-29-34-39-44-49-56(4)5)53-64-58(61)50-45-40-35-30-25-20-17-15-14-16-18-23-28-33-38-43-48-55(2)3/h55-57H,6-54H2,1-5H3/t57-/m0/s1. The predicted molar refractivity (Wildman–Crippen MR) is 284 cm³/mol. The van der Waals surface area contributed by atoms with Crippen LogP contribution in [-0.2, 0) is 28.6 Å². The first-order valence-corrected chi connectivity index (χ1v) is 29.7. The van der Waals surface area contributed by atoms with Gasteiger partial charge in [-0.2, -0.15) is 0 Å². The summed E-state index contributed by atoms with van der Waals surface area (Å²) in [6.45, 7) is 11.4. The Labute approximate surface area is 412 Å². The number of ether oxygens (including phenoxy) is 3. The molecule has 66 heavy (non-hydrogen) atoms. The Morgan fingerprint density at radius 2 is 0.500 bits per heavy atom. The second kappa shape index (κ2) is 52.8. The van der Waals surface area contributed by atoms with Crippen molar-refractivity contribution < 1.29 is 28.6 Å². The van der Waals surface area contributed by atoms with Crippen LogP contribution in [0.3, 0.4) is 0 Å². The van der Waals surface area contributed by atoms with Crippen molar-refractivity contribution in [3.63, 3.8) is 0 Å². The minimum atomic E-state index is -0.763. The molecule has 0 amide bonds. The number of carbonyl (C=O) groups excluding carboxylic acids is 3. The molecule has 0 saturated heterocycles. The van der Waals surface area contributed by atoms with Crippen molar-refractivity contribution in [2.24, 2.45) is 11.8 Å². The molecule has 0 aliphatic carbocycles. The van der Waals surface area contributed by atoms with Crippen molar-refractivity contribution in [2.75, 3.05) is 13.2 Å². The summed E-state index contributed by atoms with van der Waals surface area (Å²) >= 11 is 0. The minimum Gasteiger partial charge on any atom is -0.462 e. The normalized spacial score (nSPS) is 12.0. The molecular weight excluding hydrogens is 817 g/mol. The molecule has 0 rings (SSSR count). The lowest BCUT2D eigenvalue weighted by atomic mass is 10.0. The molecule has 0 radical (unpaired) electrons. The van der Waals surface area contributed by atoms with Crippen molar-refractivity contribution in [3.8, 4) is 0 Å². The molecular formula is C60H116O6. The van der Waals surface area contributed by atoms with E-state index >= 15 is 0 Å². The Morgan fingerprint density at radius 1 is 0.288 bits per heavy atom. The number of unbranched alkanes of at least 4 members (excludes halogenated alkanes) is 39. The number of hydrogen-bond acceptors (Lipinski definition) is 6. The maximum Gasteiger partial charge on any atom is 0.306 e. The lowest BCUT2D eigenvalue weighted by molar-refractivity contribution is -0.167. The molecule has 0 aromatic rings. The van der Waals surface area contributed by atoms with E-state index in [0.717, 1.165) is 69.6 Å². The second-order valence-corrected chi connectivity index (χ2v) is 21.6. The maximum absolute atomic E-state index is 12.8. The molecule has 0 aliphatic heterocycles. The number of hydrogen-bond donors (Lipinski definition) is 0. The highest BCUT2D eigenvalue weighted by Crippen LogP contribution is 2.18. The van der Waals surface area contributed by atoms with E-state index in [4.69, 9.17) is 14.2 Å². The van der Waals surface area contributed by atoms with Gasteiger partial charge in [0, 0.05) is 19.3 Å². The van der Waals surface area contributed by atoms with E-state index in [-0.39, 0.29) is 31.1 Å². The molecule has 0 unspecified atom stereocenters. The first-order chi connectivity index (χ1) is 32.2. The van der Waals surface area contributed by atoms with E-state index in [0.29, 0.717) is 19.3 Å². The van der Waals surface area contributed by atoms with Gasteiger partial charge in [0.05, 0.1) is 0 Å². The Morgan fingerprint density at radius 3 is 0.742 bits per heavy atom. The summed E-state index contributed by atoms with van der Waals surface area (Å²) < 4.78 is 16.9. The van der Waals surface area contributed by atoms with Crippen LogP contribution in [0.4, 0.5) is 0 Å². The van der Waals surface area contributed by atoms with Gasteiger partial charge >= 0.3 is 17.9 Å². The van der Waals surface area contributed by atoms with Crippen LogP contribution in [0.2, 0.25) is 0 Å². The van der Waals surface area contributed by atoms with Crippen LogP contribution in [0.25, 0.3) is 0 Å². The zero-order chi connectivity index (χ0) is 48.2. The minimum absolute atomic E-state index is 0.0623. The smallest absolute Gasteiger partial charge is 0.306 e. The Balaban J connectivity index is 4.27. The molecule has 0 fully saturated rings. The highest BCUT2D eigenvalue weighted by molar-refractivity contribution is 5.71. The molecule has 0 aromatic heterocycles. The number of rotatable bonds is 54. The van der Waals surface area contributed by atoms with E-state index in [9.17, 15) is 14.4 Å². The fourth-order valence-electron chi connectivity index (χ4n) is 9.23. The third kappa shape index (κ3) is 53.4. The van der Waals surface area contributed by atoms with Gasteiger partial charge in [0.25, 0.3) is 0 Å². The van der Waals surface area contributed by atoms with Crippen molar-refractivity contribution in [2.45, 2.75) is 343 Å². The third-order valence-corrected chi connectivity index (χ3v) is 13.7. The molecule has 0 aromatic carbocycles. The van der Waals surface area contributed by atoms with Gasteiger partial charge in [-0.3, -0.25) is 14.4 Å². The SMILES string of the molecule is CCCCCCCCCCCCCCCCC(=O)O[C@@H](COC(=O)CCCCCCCCCCCCCCCCCCC(C)C)COC(=O)CCCCCCCCCCCCCCC(C)C. The summed E-state index contributed by atoms with van der Waals surface area (Å²) in [4.78, 5) is 38.2. The first-order valence-electron chi connectivity index (χ1n) is 29.7. The molecule has 0 spiro atoms. The topological polar surface area (TPSA) is 78.9 Å². The van der Waals surface area contributed by atoms with Gasteiger partial charge in [-0.1, -0.05) is 298 Å². The van der Waals surface area contributed by atoms with E-state index in [1.807, 2.05) is 0 Å². The first kappa shape index (κ1) is 64.4. The zero-order valence-electron chi connectivity index (χ0n) is 45.3. The van der Waals surface area contributed by atoms with Gasteiger partial charge < -0.3 is 14.2 Å². The molecule has 0 saturated carbocycles. The van der Waals surface area contributed by atoms with Gasteiger partial charge in [0.15, 0.2) is 6.10 Å². The Hall–Kier alpha value is -1.59. The molecule has 6 nitrogen and oxygen atoms in total. The van der Waals surface area contributed by atoms with E-state index in [2.05, 4.69) is 34.6 Å². The fraction of sp³-hybridized carbons (Fsp3) is 0.950. The van der Waals surface area contributed by atoms with Crippen molar-refractivity contribution >= 4 is 17.9 Å². The Kier molecular flexibility index (Phi) is 51.5. The summed E-state index contributed by atoms with van der Waals surface area (Å²) in [7, 11) is 0. The van der Waals surface area contributed by atoms with E-state index in [1.165, 1.54) is 225 Å². The van der Waals surface area contributed by atoms with Crippen LogP contribution in [0.5, 0.6) is 0 Å². The van der Waals surface area contributed by atoms with Crippen LogP contribution in [0, 0.1) is 11.8 Å². The monoisotopic (exact) mass is 933 g/mol. The van der Waals surface area contributed by atoms with Gasteiger partial charge in [0.1, 0.15) is 13.2 Å². The van der Waals surface area contributed by atoms with Crippen molar-refractivity contribution in [1.82, 2.24) is 0 Å². The summed E-state index contributed by atoms with van der Waals surface area (Å²) in [5, 5.41) is 0. The third-order valence-electron chi connectivity index (χ3n) is 13.7. The molecule has 6 heteroatoms. The summed E-state index contributed by atoms with van der Waals surface area (Å²) in [5.41, 5.74) is 0. The van der Waals surface area contributed by atoms with Crippen molar-refractivity contribution in [3.05, 3.63) is 0 Å². The molecule has 392 valence electrons. The second-order valence-electron chi connectivity index (χ2n) is 21.6. The van der Waals surface area contributed by atoms with Crippen LogP contribution >= 0.6 is 0 Å². The lowest BCUT2D eigenvalue weighted by Gasteiger charge is -2.18.